The Morgan fingerprint density at radius 1 is 0.778 bits per heavy atom. The lowest BCUT2D eigenvalue weighted by Crippen LogP contribution is -2.38. The van der Waals surface area contributed by atoms with Crippen molar-refractivity contribution < 1.29 is 14.7 Å². The van der Waals surface area contributed by atoms with Crippen molar-refractivity contribution in [1.82, 2.24) is 5.32 Å². The second-order valence-electron chi connectivity index (χ2n) is 6.33. The zero-order valence-electron chi connectivity index (χ0n) is 14.8. The van der Waals surface area contributed by atoms with Crippen molar-refractivity contribution in [2.24, 2.45) is 0 Å². The maximum absolute atomic E-state index is 12.5. The average molecular weight is 359 g/mol. The van der Waals surface area contributed by atoms with Crippen molar-refractivity contribution in [2.75, 3.05) is 0 Å². The molecule has 0 spiro atoms. The zero-order chi connectivity index (χ0) is 19.1. The Bertz CT molecular complexity index is 890. The van der Waals surface area contributed by atoms with Crippen LogP contribution in [0.5, 0.6) is 0 Å². The smallest absolute Gasteiger partial charge is 0.321 e. The van der Waals surface area contributed by atoms with Crippen molar-refractivity contribution in [3.8, 4) is 11.1 Å². The number of carboxylic acid groups (broad SMARTS) is 1. The van der Waals surface area contributed by atoms with E-state index in [0.29, 0.717) is 12.1 Å². The predicted octanol–water partition coefficient (Wildman–Crippen LogP) is 4.17. The number of carbonyl (C=O) groups excluding carboxylic acids is 1. The maximum Gasteiger partial charge on any atom is 0.321 e. The first-order valence-electron chi connectivity index (χ1n) is 8.82. The minimum atomic E-state index is -1.03. The summed E-state index contributed by atoms with van der Waals surface area (Å²) in [5.74, 6) is -1.22. The molecule has 3 aromatic carbocycles. The monoisotopic (exact) mass is 359 g/mol. The Hall–Kier alpha value is -3.24. The van der Waals surface area contributed by atoms with Gasteiger partial charge < -0.3 is 5.11 Å². The van der Waals surface area contributed by atoms with E-state index in [1.807, 2.05) is 72.8 Å². The molecule has 3 rings (SSSR count). The van der Waals surface area contributed by atoms with E-state index in [1.54, 1.807) is 12.1 Å². The van der Waals surface area contributed by atoms with Crippen LogP contribution in [-0.2, 0) is 11.3 Å². The minimum absolute atomic E-state index is 0.0904. The normalized spacial score (nSPS) is 11.7. The van der Waals surface area contributed by atoms with Crippen LogP contribution in [-0.4, -0.2) is 22.9 Å². The third kappa shape index (κ3) is 5.12. The second kappa shape index (κ2) is 8.92. The van der Waals surface area contributed by atoms with Gasteiger partial charge in [0.05, 0.1) is 0 Å². The number of aliphatic carboxylic acids is 1. The second-order valence-corrected chi connectivity index (χ2v) is 6.33. The molecule has 136 valence electrons. The third-order valence-corrected chi connectivity index (χ3v) is 4.40. The molecule has 4 nitrogen and oxygen atoms in total. The van der Waals surface area contributed by atoms with E-state index in [2.05, 4.69) is 5.32 Å². The van der Waals surface area contributed by atoms with Crippen LogP contribution in [0.15, 0.2) is 84.9 Å². The molecule has 0 amide bonds. The van der Waals surface area contributed by atoms with Crippen LogP contribution in [0.25, 0.3) is 11.1 Å². The molecule has 1 atom stereocenters. The number of rotatable bonds is 8. The van der Waals surface area contributed by atoms with Crippen molar-refractivity contribution in [3.63, 3.8) is 0 Å². The Balaban J connectivity index is 1.64. The average Bonchev–Trinajstić information content (AvgIpc) is 2.72. The number of hydrogen-bond donors (Lipinski definition) is 2. The van der Waals surface area contributed by atoms with Crippen molar-refractivity contribution in [1.29, 1.82) is 0 Å². The standard InChI is InChI=1S/C23H21NO3/c25-22(15-21(23(26)27)24-16-17-7-3-1-4-8-17)20-13-11-19(12-14-20)18-9-5-2-6-10-18/h1-14,21,24H,15-16H2,(H,26,27). The first kappa shape index (κ1) is 18.5. The molecule has 2 N–H and O–H groups in total. The molecule has 4 heteroatoms. The molecule has 27 heavy (non-hydrogen) atoms. The fourth-order valence-corrected chi connectivity index (χ4v) is 2.87. The summed E-state index contributed by atoms with van der Waals surface area (Å²) in [5, 5.41) is 12.4. The van der Waals surface area contributed by atoms with Crippen LogP contribution in [0.1, 0.15) is 22.3 Å². The van der Waals surface area contributed by atoms with E-state index in [0.717, 1.165) is 16.7 Å². The third-order valence-electron chi connectivity index (χ3n) is 4.40. The Labute approximate surface area is 158 Å². The zero-order valence-corrected chi connectivity index (χ0v) is 14.8. The summed E-state index contributed by atoms with van der Waals surface area (Å²) < 4.78 is 0. The van der Waals surface area contributed by atoms with Gasteiger partial charge in [-0.15, -0.1) is 0 Å². The van der Waals surface area contributed by atoms with E-state index < -0.39 is 12.0 Å². The van der Waals surface area contributed by atoms with Crippen molar-refractivity contribution in [3.05, 3.63) is 96.1 Å². The van der Waals surface area contributed by atoms with Gasteiger partial charge in [-0.3, -0.25) is 14.9 Å². The summed E-state index contributed by atoms with van der Waals surface area (Å²) in [7, 11) is 0. The lowest BCUT2D eigenvalue weighted by atomic mass is 9.99. The van der Waals surface area contributed by atoms with Crippen LogP contribution >= 0.6 is 0 Å². The number of carboxylic acids is 1. The molecule has 0 aromatic heterocycles. The first-order chi connectivity index (χ1) is 13.1. The molecule has 0 fully saturated rings. The Morgan fingerprint density at radius 2 is 1.33 bits per heavy atom. The van der Waals surface area contributed by atoms with Gasteiger partial charge in [-0.25, -0.2) is 0 Å². The summed E-state index contributed by atoms with van der Waals surface area (Å²) in [4.78, 5) is 24.0. The van der Waals surface area contributed by atoms with E-state index in [4.69, 9.17) is 0 Å². The number of benzene rings is 3. The summed E-state index contributed by atoms with van der Waals surface area (Å²) in [5.41, 5.74) is 3.58. The van der Waals surface area contributed by atoms with Gasteiger partial charge in [0.1, 0.15) is 6.04 Å². The SMILES string of the molecule is O=C(CC(NCc1ccccc1)C(=O)O)c1ccc(-c2ccccc2)cc1. The van der Waals surface area contributed by atoms with E-state index >= 15 is 0 Å². The molecule has 0 bridgehead atoms. The first-order valence-corrected chi connectivity index (χ1v) is 8.82. The van der Waals surface area contributed by atoms with E-state index in [9.17, 15) is 14.7 Å². The van der Waals surface area contributed by atoms with Gasteiger partial charge in [-0.05, 0) is 16.7 Å². The summed E-state index contributed by atoms with van der Waals surface area (Å²) in [6.07, 6.45) is -0.0904. The van der Waals surface area contributed by atoms with Crippen LogP contribution in [0.3, 0.4) is 0 Å². The van der Waals surface area contributed by atoms with Gasteiger partial charge in [0.15, 0.2) is 5.78 Å². The lowest BCUT2D eigenvalue weighted by molar-refractivity contribution is -0.139. The topological polar surface area (TPSA) is 66.4 Å². The van der Waals surface area contributed by atoms with Gasteiger partial charge in [-0.2, -0.15) is 0 Å². The molecule has 0 heterocycles. The predicted molar refractivity (Wildman–Crippen MR) is 106 cm³/mol. The number of nitrogens with one attached hydrogen (secondary N) is 1. The van der Waals surface area contributed by atoms with Gasteiger partial charge in [0, 0.05) is 18.5 Å². The van der Waals surface area contributed by atoms with Crippen LogP contribution in [0.2, 0.25) is 0 Å². The van der Waals surface area contributed by atoms with Gasteiger partial charge in [-0.1, -0.05) is 84.9 Å². The maximum atomic E-state index is 12.5. The molecular formula is C23H21NO3. The van der Waals surface area contributed by atoms with Crippen LogP contribution in [0, 0.1) is 0 Å². The number of carbonyl (C=O) groups is 2. The minimum Gasteiger partial charge on any atom is -0.480 e. The highest BCUT2D eigenvalue weighted by Gasteiger charge is 2.21. The molecule has 0 saturated carbocycles. The quantitative estimate of drug-likeness (QED) is 0.593. The molecule has 0 aliphatic rings. The largest absolute Gasteiger partial charge is 0.480 e. The Morgan fingerprint density at radius 3 is 1.93 bits per heavy atom. The molecule has 0 radical (unpaired) electrons. The van der Waals surface area contributed by atoms with Crippen molar-refractivity contribution in [2.45, 2.75) is 19.0 Å². The number of Topliss-reactive ketones (excluding diaryl/α,β-unsaturated/α-hetero) is 1. The van der Waals surface area contributed by atoms with Crippen molar-refractivity contribution >= 4 is 11.8 Å². The fourth-order valence-electron chi connectivity index (χ4n) is 2.87. The number of hydrogen-bond acceptors (Lipinski definition) is 3. The summed E-state index contributed by atoms with van der Waals surface area (Å²) >= 11 is 0. The lowest BCUT2D eigenvalue weighted by Gasteiger charge is -2.14. The van der Waals surface area contributed by atoms with Crippen LogP contribution in [0.4, 0.5) is 0 Å². The van der Waals surface area contributed by atoms with Gasteiger partial charge in [0.25, 0.3) is 0 Å². The highest BCUT2D eigenvalue weighted by atomic mass is 16.4. The molecular weight excluding hydrogens is 338 g/mol. The summed E-state index contributed by atoms with van der Waals surface area (Å²) in [6.45, 7) is 0.401. The van der Waals surface area contributed by atoms with E-state index in [1.165, 1.54) is 0 Å². The molecule has 0 aliphatic heterocycles. The number of ketones is 1. The highest BCUT2D eigenvalue weighted by molar-refractivity contribution is 5.99. The van der Waals surface area contributed by atoms with Crippen LogP contribution < -0.4 is 5.32 Å². The van der Waals surface area contributed by atoms with Gasteiger partial charge >= 0.3 is 5.97 Å². The molecule has 0 aliphatic carbocycles. The Kier molecular flexibility index (Phi) is 6.13. The molecule has 1 unspecified atom stereocenters. The fraction of sp³-hybridized carbons (Fsp3) is 0.130. The molecule has 3 aromatic rings. The molecule has 0 saturated heterocycles. The van der Waals surface area contributed by atoms with Gasteiger partial charge in [0.2, 0.25) is 0 Å². The highest BCUT2D eigenvalue weighted by Crippen LogP contribution is 2.20. The summed E-state index contributed by atoms with van der Waals surface area (Å²) in [6, 6.07) is 25.8. The van der Waals surface area contributed by atoms with E-state index in [-0.39, 0.29) is 12.2 Å².